The van der Waals surface area contributed by atoms with Gasteiger partial charge in [-0.1, -0.05) is 19.9 Å². The van der Waals surface area contributed by atoms with Gasteiger partial charge in [0.2, 0.25) is 17.7 Å². The molecular weight excluding hydrogens is 747 g/mol. The van der Waals surface area contributed by atoms with Gasteiger partial charge in [-0.2, -0.15) is 5.10 Å². The van der Waals surface area contributed by atoms with Crippen molar-refractivity contribution in [2.75, 3.05) is 83.0 Å². The topological polar surface area (TPSA) is 189 Å². The number of piperidine rings is 1. The van der Waals surface area contributed by atoms with E-state index in [0.717, 1.165) is 68.1 Å². The molecule has 1 aliphatic carbocycles. The van der Waals surface area contributed by atoms with Crippen LogP contribution in [0.4, 0.5) is 11.5 Å². The van der Waals surface area contributed by atoms with Crippen molar-refractivity contribution in [2.45, 2.75) is 82.8 Å². The van der Waals surface area contributed by atoms with Gasteiger partial charge in [-0.05, 0) is 61.8 Å². The molecule has 312 valence electrons. The molecule has 58 heavy (non-hydrogen) atoms. The summed E-state index contributed by atoms with van der Waals surface area (Å²) < 4.78 is 18.8. The Morgan fingerprint density at radius 3 is 2.33 bits per heavy atom. The van der Waals surface area contributed by atoms with E-state index >= 15 is 0 Å². The van der Waals surface area contributed by atoms with Crippen molar-refractivity contribution in [2.24, 2.45) is 0 Å². The first-order valence-corrected chi connectivity index (χ1v) is 20.6. The van der Waals surface area contributed by atoms with Gasteiger partial charge < -0.3 is 29.7 Å². The molecule has 4 aliphatic rings. The number of hydrogen-bond acceptors (Lipinski definition) is 13. The third kappa shape index (κ3) is 9.49. The number of carbonyl (C=O) groups excluding carboxylic acids is 5. The molecule has 17 nitrogen and oxygen atoms in total. The lowest BCUT2D eigenvalue weighted by molar-refractivity contribution is -0.136. The molecule has 0 spiro atoms. The summed E-state index contributed by atoms with van der Waals surface area (Å²) in [5, 5.41) is 13.5. The fraction of sp³-hybridized carbons (Fsp3) is 0.585. The van der Waals surface area contributed by atoms with Crippen LogP contribution < -0.4 is 16.0 Å². The van der Waals surface area contributed by atoms with Gasteiger partial charge in [0.1, 0.15) is 17.9 Å². The molecule has 1 atom stereocenters. The molecular formula is C41H55N9O8. The Hall–Kier alpha value is -4.97. The summed E-state index contributed by atoms with van der Waals surface area (Å²) in [4.78, 5) is 73.1. The van der Waals surface area contributed by atoms with Crippen molar-refractivity contribution in [3.8, 4) is 0 Å². The molecule has 0 radical (unpaired) electrons. The van der Waals surface area contributed by atoms with Crippen molar-refractivity contribution in [3.05, 3.63) is 53.5 Å². The van der Waals surface area contributed by atoms with Crippen molar-refractivity contribution < 1.29 is 38.2 Å². The number of nitrogens with zero attached hydrogens (tertiary/aromatic N) is 6. The molecule has 3 N–H and O–H groups in total. The normalized spacial score (nSPS) is 21.5. The minimum Gasteiger partial charge on any atom is -0.382 e. The van der Waals surface area contributed by atoms with Gasteiger partial charge >= 0.3 is 0 Å². The minimum atomic E-state index is -1.01. The number of ether oxygens (including phenoxy) is 3. The van der Waals surface area contributed by atoms with E-state index < -0.39 is 29.7 Å². The third-order valence-corrected chi connectivity index (χ3v) is 11.6. The standard InChI is InChI=1S/C41H55N9O8/c1-27(2)30-12-15-49-37(30)38(43-26-44-49)45-28-6-8-29(9-7-28)47-16-18-48(19-17-47)35(52)13-20-56-22-24-58-25-23-57-21-14-42-32-5-3-4-31-36(32)41(55)50(40(31)54)33-10-11-34(51)46-39(33)53/h3-5,12,15,26-29,33,42H,6-11,13-14,16-25H2,1-2H3,(H,43,44,45)(H,46,51,53). The van der Waals surface area contributed by atoms with Gasteiger partial charge in [0.15, 0.2) is 5.82 Å². The van der Waals surface area contributed by atoms with Crippen LogP contribution >= 0.6 is 0 Å². The smallest absolute Gasteiger partial charge is 0.264 e. The first kappa shape index (κ1) is 41.2. The SMILES string of the molecule is CC(C)c1ccn2ncnc(NC3CCC(N4CCN(C(=O)CCOCCOCCOCCNc5cccc6c5C(=O)N(C5CCC(=O)NC5=O)C6=O)CC4)CC3)c12. The monoisotopic (exact) mass is 801 g/mol. The Morgan fingerprint density at radius 1 is 0.879 bits per heavy atom. The van der Waals surface area contributed by atoms with Crippen LogP contribution in [-0.2, 0) is 28.6 Å². The molecule has 1 aromatic carbocycles. The molecule has 5 amide bonds. The van der Waals surface area contributed by atoms with Crippen molar-refractivity contribution in [3.63, 3.8) is 0 Å². The van der Waals surface area contributed by atoms with Crippen LogP contribution in [0.3, 0.4) is 0 Å². The minimum absolute atomic E-state index is 0.0646. The summed E-state index contributed by atoms with van der Waals surface area (Å²) in [6.07, 6.45) is 8.58. The highest BCUT2D eigenvalue weighted by Crippen LogP contribution is 2.33. The number of fused-ring (bicyclic) bond motifs is 2. The summed E-state index contributed by atoms with van der Waals surface area (Å²) in [7, 11) is 0. The van der Waals surface area contributed by atoms with Crippen LogP contribution in [0, 0.1) is 0 Å². The highest BCUT2D eigenvalue weighted by atomic mass is 16.5. The predicted octanol–water partition coefficient (Wildman–Crippen LogP) is 2.67. The van der Waals surface area contributed by atoms with Gasteiger partial charge in [-0.25, -0.2) is 9.50 Å². The second-order valence-electron chi connectivity index (χ2n) is 15.6. The fourth-order valence-electron chi connectivity index (χ4n) is 8.44. The summed E-state index contributed by atoms with van der Waals surface area (Å²) in [5.74, 6) is -0.726. The molecule has 0 bridgehead atoms. The average Bonchev–Trinajstić information content (AvgIpc) is 3.78. The third-order valence-electron chi connectivity index (χ3n) is 11.6. The molecule has 3 aromatic rings. The molecule has 1 saturated carbocycles. The number of nitrogens with one attached hydrogen (secondary N) is 3. The predicted molar refractivity (Wildman–Crippen MR) is 214 cm³/mol. The Balaban J connectivity index is 0.705. The Bertz CT molecular complexity index is 1950. The van der Waals surface area contributed by atoms with Gasteiger partial charge in [0, 0.05) is 63.1 Å². The van der Waals surface area contributed by atoms with E-state index in [1.54, 1.807) is 24.5 Å². The van der Waals surface area contributed by atoms with Crippen molar-refractivity contribution in [1.82, 2.24) is 34.6 Å². The number of piperazine rings is 1. The lowest BCUT2D eigenvalue weighted by Crippen LogP contribution is -2.54. The Morgan fingerprint density at radius 2 is 1.60 bits per heavy atom. The van der Waals surface area contributed by atoms with E-state index in [4.69, 9.17) is 14.2 Å². The molecule has 2 aromatic heterocycles. The summed E-state index contributed by atoms with van der Waals surface area (Å²) in [5.41, 5.74) is 3.23. The second-order valence-corrected chi connectivity index (χ2v) is 15.6. The first-order valence-electron chi connectivity index (χ1n) is 20.6. The zero-order valence-electron chi connectivity index (χ0n) is 33.5. The zero-order valence-corrected chi connectivity index (χ0v) is 33.5. The van der Waals surface area contributed by atoms with Crippen LogP contribution in [0.5, 0.6) is 0 Å². The molecule has 7 rings (SSSR count). The largest absolute Gasteiger partial charge is 0.382 e. The van der Waals surface area contributed by atoms with E-state index in [1.807, 2.05) is 15.6 Å². The summed E-state index contributed by atoms with van der Waals surface area (Å²) in [6.45, 7) is 10.2. The van der Waals surface area contributed by atoms with E-state index in [-0.39, 0.29) is 29.9 Å². The summed E-state index contributed by atoms with van der Waals surface area (Å²) >= 11 is 0. The highest BCUT2D eigenvalue weighted by molar-refractivity contribution is 6.25. The van der Waals surface area contributed by atoms with Gasteiger partial charge in [-0.3, -0.25) is 39.1 Å². The van der Waals surface area contributed by atoms with Crippen LogP contribution in [-0.4, -0.2) is 149 Å². The maximum Gasteiger partial charge on any atom is 0.264 e. The van der Waals surface area contributed by atoms with Gasteiger partial charge in [-0.15, -0.1) is 0 Å². The van der Waals surface area contributed by atoms with Crippen LogP contribution in [0.15, 0.2) is 36.8 Å². The van der Waals surface area contributed by atoms with Crippen LogP contribution in [0.1, 0.15) is 91.0 Å². The van der Waals surface area contributed by atoms with Gasteiger partial charge in [0.25, 0.3) is 11.8 Å². The molecule has 1 unspecified atom stereocenters. The molecule has 3 aliphatic heterocycles. The van der Waals surface area contributed by atoms with E-state index in [1.165, 1.54) is 5.56 Å². The number of imide groups is 2. The molecule has 17 heteroatoms. The quantitative estimate of drug-likeness (QED) is 0.126. The lowest BCUT2D eigenvalue weighted by Gasteiger charge is -2.42. The molecule has 3 fully saturated rings. The number of hydrogen-bond donors (Lipinski definition) is 3. The number of aromatic nitrogens is 3. The van der Waals surface area contributed by atoms with Crippen LogP contribution in [0.2, 0.25) is 0 Å². The number of carbonyl (C=O) groups is 5. The van der Waals surface area contributed by atoms with Crippen molar-refractivity contribution in [1.29, 1.82) is 0 Å². The lowest BCUT2D eigenvalue weighted by atomic mass is 9.89. The summed E-state index contributed by atoms with van der Waals surface area (Å²) in [6, 6.07) is 6.98. The second kappa shape index (κ2) is 19.2. The average molecular weight is 802 g/mol. The Kier molecular flexibility index (Phi) is 13.6. The number of amides is 5. The van der Waals surface area contributed by atoms with E-state index in [0.29, 0.717) is 76.3 Å². The van der Waals surface area contributed by atoms with E-state index in [2.05, 4.69) is 50.8 Å². The fourth-order valence-corrected chi connectivity index (χ4v) is 8.44. The maximum absolute atomic E-state index is 13.2. The van der Waals surface area contributed by atoms with Crippen LogP contribution in [0.25, 0.3) is 5.52 Å². The maximum atomic E-state index is 13.2. The number of rotatable bonds is 18. The Labute approximate surface area is 338 Å². The molecule has 2 saturated heterocycles. The first-order chi connectivity index (χ1) is 28.2. The van der Waals surface area contributed by atoms with Crippen molar-refractivity contribution >= 4 is 46.6 Å². The number of benzene rings is 1. The van der Waals surface area contributed by atoms with E-state index in [9.17, 15) is 24.0 Å². The molecule has 5 heterocycles. The van der Waals surface area contributed by atoms with Gasteiger partial charge in [0.05, 0.1) is 57.2 Å². The number of anilines is 2. The highest BCUT2D eigenvalue weighted by Gasteiger charge is 2.45. The zero-order chi connectivity index (χ0) is 40.6.